The molecule has 1 nitrogen and oxygen atoms in total. The van der Waals surface area contributed by atoms with E-state index in [0.717, 1.165) is 37.1 Å². The maximum atomic E-state index is 2.65. The summed E-state index contributed by atoms with van der Waals surface area (Å²) in [6.45, 7) is 9.63. The third-order valence-corrected chi connectivity index (χ3v) is 13.7. The molecule has 290 valence electrons. The van der Waals surface area contributed by atoms with Crippen molar-refractivity contribution in [3.8, 4) is 11.1 Å². The summed E-state index contributed by atoms with van der Waals surface area (Å²) < 4.78 is 0. The van der Waals surface area contributed by atoms with Crippen LogP contribution >= 0.6 is 0 Å². The van der Waals surface area contributed by atoms with Crippen molar-refractivity contribution in [3.05, 3.63) is 226 Å². The summed E-state index contributed by atoms with van der Waals surface area (Å²) in [5.41, 5.74) is 20.1. The summed E-state index contributed by atoms with van der Waals surface area (Å²) in [5.74, 6) is 0.981. The summed E-state index contributed by atoms with van der Waals surface area (Å²) in [5, 5.41) is 0. The second-order valence-corrected chi connectivity index (χ2v) is 18.0. The van der Waals surface area contributed by atoms with Gasteiger partial charge in [-0.3, -0.25) is 0 Å². The first-order chi connectivity index (χ1) is 28.8. The fraction of sp³-hybridized carbons (Fsp3) is 0.207. The fourth-order valence-electron chi connectivity index (χ4n) is 10.5. The minimum absolute atomic E-state index is 0.0440. The molecule has 0 saturated carbocycles. The van der Waals surface area contributed by atoms with E-state index >= 15 is 0 Å². The molecule has 2 atom stereocenters. The molecule has 6 aromatic rings. The highest BCUT2D eigenvalue weighted by molar-refractivity contribution is 5.91. The molecular formula is C58H53N. The molecule has 1 unspecified atom stereocenters. The van der Waals surface area contributed by atoms with Crippen LogP contribution in [0.5, 0.6) is 0 Å². The zero-order chi connectivity index (χ0) is 40.1. The van der Waals surface area contributed by atoms with Crippen LogP contribution in [0.1, 0.15) is 98.2 Å². The smallest absolute Gasteiger partial charge is 0.0465 e. The SMILES string of the molecule is CC1(C)C2=CC(C[C@@H](C3=CC=CCC3)c3ccccc3)CC=C2c2ccc(/C=C/c3ccc4c(c3)C(C)(C)c3cc(N(c5ccccc5)c5ccccc5)ccc3-4)cc21. The molecule has 0 bridgehead atoms. The van der Waals surface area contributed by atoms with Crippen LogP contribution in [-0.2, 0) is 10.8 Å². The number of hydrogen-bond acceptors (Lipinski definition) is 1. The molecule has 0 fully saturated rings. The largest absolute Gasteiger partial charge is 0.310 e. The van der Waals surface area contributed by atoms with Gasteiger partial charge in [-0.1, -0.05) is 185 Å². The van der Waals surface area contributed by atoms with E-state index < -0.39 is 0 Å². The third-order valence-electron chi connectivity index (χ3n) is 13.7. The third kappa shape index (κ3) is 6.67. The highest BCUT2D eigenvalue weighted by atomic mass is 15.1. The lowest BCUT2D eigenvalue weighted by Crippen LogP contribution is -2.19. The molecule has 10 rings (SSSR count). The van der Waals surface area contributed by atoms with Gasteiger partial charge in [-0.2, -0.15) is 0 Å². The van der Waals surface area contributed by atoms with Gasteiger partial charge in [0.1, 0.15) is 0 Å². The van der Waals surface area contributed by atoms with Gasteiger partial charge in [0.05, 0.1) is 0 Å². The first-order valence-corrected chi connectivity index (χ1v) is 21.6. The maximum Gasteiger partial charge on any atom is 0.0465 e. The predicted molar refractivity (Wildman–Crippen MR) is 252 cm³/mol. The Balaban J connectivity index is 0.904. The molecule has 0 saturated heterocycles. The van der Waals surface area contributed by atoms with E-state index in [1.54, 1.807) is 5.57 Å². The van der Waals surface area contributed by atoms with Crippen molar-refractivity contribution in [2.45, 2.75) is 70.1 Å². The molecule has 4 aliphatic carbocycles. The highest BCUT2D eigenvalue weighted by Gasteiger charge is 2.40. The van der Waals surface area contributed by atoms with Gasteiger partial charge in [0, 0.05) is 33.8 Å². The first kappa shape index (κ1) is 37.1. The average Bonchev–Trinajstić information content (AvgIpc) is 3.64. The van der Waals surface area contributed by atoms with Crippen LogP contribution in [0, 0.1) is 5.92 Å². The van der Waals surface area contributed by atoms with E-state index in [-0.39, 0.29) is 10.8 Å². The standard InChI is InChI=1S/C58H53N/c1-57(2)53-36-40(27-31-48(53)50-33-29-42(38-55(50)57)35-52(43-17-9-5-10-18-43)44-19-11-6-12-20-44)25-26-41-28-32-49-51-34-30-47(39-56(51)58(3,4)54(49)37-41)59(45-21-13-7-14-22-45)46-23-15-8-16-24-46/h5-11,13-19,21-28,30-34,36-39,42,52H,12,20,29,35H2,1-4H3/b26-25+/t42?,52-/m1/s1. The predicted octanol–water partition coefficient (Wildman–Crippen LogP) is 15.7. The molecular weight excluding hydrogens is 711 g/mol. The van der Waals surface area contributed by atoms with Gasteiger partial charge >= 0.3 is 0 Å². The molecule has 0 heterocycles. The van der Waals surface area contributed by atoms with Crippen LogP contribution < -0.4 is 4.90 Å². The molecule has 6 aromatic carbocycles. The molecule has 0 N–H and O–H groups in total. The van der Waals surface area contributed by atoms with Crippen LogP contribution in [0.25, 0.3) is 28.9 Å². The Bertz CT molecular complexity index is 2660. The minimum Gasteiger partial charge on any atom is -0.310 e. The Morgan fingerprint density at radius 2 is 1.19 bits per heavy atom. The first-order valence-electron chi connectivity index (χ1n) is 21.6. The zero-order valence-electron chi connectivity index (χ0n) is 34.8. The normalized spacial score (nSPS) is 18.6. The lowest BCUT2D eigenvalue weighted by molar-refractivity contribution is 0.524. The number of nitrogens with zero attached hydrogens (tertiary/aromatic N) is 1. The van der Waals surface area contributed by atoms with Crippen molar-refractivity contribution in [1.82, 2.24) is 0 Å². The lowest BCUT2D eigenvalue weighted by atomic mass is 9.74. The van der Waals surface area contributed by atoms with E-state index in [9.17, 15) is 0 Å². The quantitative estimate of drug-likeness (QED) is 0.133. The Hall–Kier alpha value is -6.18. The van der Waals surface area contributed by atoms with Gasteiger partial charge in [-0.15, -0.1) is 0 Å². The molecule has 0 amide bonds. The van der Waals surface area contributed by atoms with Crippen molar-refractivity contribution in [2.24, 2.45) is 5.92 Å². The van der Waals surface area contributed by atoms with Gasteiger partial charge in [0.2, 0.25) is 0 Å². The van der Waals surface area contributed by atoms with E-state index in [2.05, 4.69) is 221 Å². The van der Waals surface area contributed by atoms with Crippen LogP contribution in [0.2, 0.25) is 0 Å². The number of allylic oxidation sites excluding steroid dienone is 8. The maximum absolute atomic E-state index is 2.65. The van der Waals surface area contributed by atoms with E-state index in [1.165, 1.54) is 66.9 Å². The van der Waals surface area contributed by atoms with Gasteiger partial charge in [-0.05, 0) is 129 Å². The second-order valence-electron chi connectivity index (χ2n) is 18.0. The second kappa shape index (κ2) is 14.9. The highest BCUT2D eigenvalue weighted by Crippen LogP contribution is 2.54. The topological polar surface area (TPSA) is 3.24 Å². The number of anilines is 3. The lowest BCUT2D eigenvalue weighted by Gasteiger charge is -2.30. The van der Waals surface area contributed by atoms with Crippen molar-refractivity contribution < 1.29 is 0 Å². The van der Waals surface area contributed by atoms with Crippen LogP contribution in [-0.4, -0.2) is 0 Å². The Labute approximate surface area is 351 Å². The Kier molecular flexibility index (Phi) is 9.36. The molecule has 1 heteroatoms. The summed E-state index contributed by atoms with van der Waals surface area (Å²) in [7, 11) is 0. The summed E-state index contributed by atoms with van der Waals surface area (Å²) in [6.07, 6.45) is 21.3. The molecule has 59 heavy (non-hydrogen) atoms. The van der Waals surface area contributed by atoms with Gasteiger partial charge in [0.25, 0.3) is 0 Å². The van der Waals surface area contributed by atoms with E-state index in [0.29, 0.717) is 11.8 Å². The number of para-hydroxylation sites is 2. The van der Waals surface area contributed by atoms with Gasteiger partial charge in [-0.25, -0.2) is 0 Å². The number of hydrogen-bond donors (Lipinski definition) is 0. The van der Waals surface area contributed by atoms with Gasteiger partial charge in [0.15, 0.2) is 0 Å². The number of fused-ring (bicyclic) bond motifs is 6. The monoisotopic (exact) mass is 763 g/mol. The van der Waals surface area contributed by atoms with Crippen LogP contribution in [0.15, 0.2) is 187 Å². The summed E-state index contributed by atoms with van der Waals surface area (Å²) in [4.78, 5) is 2.36. The molecule has 0 spiro atoms. The van der Waals surface area contributed by atoms with Gasteiger partial charge < -0.3 is 4.90 Å². The van der Waals surface area contributed by atoms with Crippen LogP contribution in [0.4, 0.5) is 17.1 Å². The van der Waals surface area contributed by atoms with E-state index in [4.69, 9.17) is 0 Å². The number of benzene rings is 6. The van der Waals surface area contributed by atoms with Crippen molar-refractivity contribution in [2.75, 3.05) is 4.90 Å². The van der Waals surface area contributed by atoms with Crippen molar-refractivity contribution >= 4 is 34.8 Å². The average molecular weight is 764 g/mol. The Morgan fingerprint density at radius 1 is 0.610 bits per heavy atom. The van der Waals surface area contributed by atoms with Crippen molar-refractivity contribution in [3.63, 3.8) is 0 Å². The molecule has 0 radical (unpaired) electrons. The van der Waals surface area contributed by atoms with Crippen molar-refractivity contribution in [1.29, 1.82) is 0 Å². The zero-order valence-corrected chi connectivity index (χ0v) is 34.8. The van der Waals surface area contributed by atoms with Crippen LogP contribution in [0.3, 0.4) is 0 Å². The summed E-state index contributed by atoms with van der Waals surface area (Å²) in [6, 6.07) is 53.8. The minimum atomic E-state index is -0.137. The Morgan fingerprint density at radius 3 is 1.81 bits per heavy atom. The summed E-state index contributed by atoms with van der Waals surface area (Å²) >= 11 is 0. The fourth-order valence-corrected chi connectivity index (χ4v) is 10.5. The number of rotatable bonds is 9. The molecule has 0 aliphatic heterocycles. The molecule has 0 aromatic heterocycles. The molecule has 4 aliphatic rings. The van der Waals surface area contributed by atoms with E-state index in [1.807, 2.05) is 0 Å².